The fourth-order valence-electron chi connectivity index (χ4n) is 2.71. The number of anilines is 3. The fraction of sp³-hybridized carbons (Fsp3) is 0.0476. The first-order chi connectivity index (χ1) is 12.4. The van der Waals surface area contributed by atoms with Crippen LogP contribution in [-0.4, -0.2) is 9.97 Å². The number of benzene rings is 3. The minimum absolute atomic E-state index is 0.810. The summed E-state index contributed by atoms with van der Waals surface area (Å²) in [4.78, 5) is 8.65. The molecule has 4 nitrogen and oxygen atoms in total. The van der Waals surface area contributed by atoms with Crippen LogP contribution in [0.3, 0.4) is 0 Å². The number of hydrogen-bond donors (Lipinski definition) is 2. The van der Waals surface area contributed by atoms with Crippen molar-refractivity contribution in [3.05, 3.63) is 90.8 Å². The molecule has 4 rings (SSSR count). The van der Waals surface area contributed by atoms with E-state index in [2.05, 4.69) is 57.0 Å². The van der Waals surface area contributed by atoms with Crippen LogP contribution in [0, 0.1) is 0 Å². The highest BCUT2D eigenvalue weighted by atomic mass is 15.0. The van der Waals surface area contributed by atoms with E-state index in [0.717, 1.165) is 34.6 Å². The molecular formula is C21H18N4. The van der Waals surface area contributed by atoms with Gasteiger partial charge >= 0.3 is 0 Å². The van der Waals surface area contributed by atoms with Gasteiger partial charge in [-0.05, 0) is 42.0 Å². The third-order valence-corrected chi connectivity index (χ3v) is 4.03. The van der Waals surface area contributed by atoms with E-state index in [0.29, 0.717) is 0 Å². The Morgan fingerprint density at radius 2 is 1.40 bits per heavy atom. The lowest BCUT2D eigenvalue weighted by Crippen LogP contribution is -1.99. The van der Waals surface area contributed by atoms with E-state index in [1.165, 1.54) is 5.56 Å². The van der Waals surface area contributed by atoms with Gasteiger partial charge in [-0.2, -0.15) is 0 Å². The zero-order chi connectivity index (χ0) is 16.9. The Morgan fingerprint density at radius 3 is 2.24 bits per heavy atom. The van der Waals surface area contributed by atoms with Crippen molar-refractivity contribution in [3.8, 4) is 0 Å². The Morgan fingerprint density at radius 1 is 0.680 bits per heavy atom. The third kappa shape index (κ3) is 3.58. The molecule has 0 unspecified atom stereocenters. The van der Waals surface area contributed by atoms with Crippen molar-refractivity contribution in [3.63, 3.8) is 0 Å². The molecule has 25 heavy (non-hydrogen) atoms. The summed E-state index contributed by atoms with van der Waals surface area (Å²) in [6, 6.07) is 26.6. The van der Waals surface area contributed by atoms with E-state index < -0.39 is 0 Å². The monoisotopic (exact) mass is 326 g/mol. The Bertz CT molecular complexity index is 960. The molecule has 0 bridgehead atoms. The molecule has 3 aromatic carbocycles. The average molecular weight is 326 g/mol. The Hall–Kier alpha value is -3.40. The van der Waals surface area contributed by atoms with Crippen LogP contribution in [0.2, 0.25) is 0 Å². The third-order valence-electron chi connectivity index (χ3n) is 4.03. The molecule has 0 aliphatic carbocycles. The van der Waals surface area contributed by atoms with Gasteiger partial charge in [0.05, 0.1) is 5.52 Å². The molecule has 2 N–H and O–H groups in total. The molecule has 1 heterocycles. The summed E-state index contributed by atoms with van der Waals surface area (Å²) in [7, 11) is 0. The van der Waals surface area contributed by atoms with Crippen LogP contribution in [0.5, 0.6) is 0 Å². The lowest BCUT2D eigenvalue weighted by Gasteiger charge is -2.10. The summed E-state index contributed by atoms with van der Waals surface area (Å²) in [5.74, 6) is 0.815. The van der Waals surface area contributed by atoms with Gasteiger partial charge in [-0.15, -0.1) is 0 Å². The summed E-state index contributed by atoms with van der Waals surface area (Å²) < 4.78 is 0. The molecule has 0 saturated heterocycles. The summed E-state index contributed by atoms with van der Waals surface area (Å²) in [5.41, 5.74) is 4.27. The van der Waals surface area contributed by atoms with Crippen LogP contribution in [0.15, 0.2) is 85.2 Å². The maximum absolute atomic E-state index is 4.36. The van der Waals surface area contributed by atoms with Crippen LogP contribution in [0.1, 0.15) is 5.56 Å². The van der Waals surface area contributed by atoms with E-state index in [9.17, 15) is 0 Å². The minimum atomic E-state index is 0.810. The molecule has 4 heteroatoms. The van der Waals surface area contributed by atoms with Gasteiger partial charge < -0.3 is 10.6 Å². The van der Waals surface area contributed by atoms with Gasteiger partial charge in [0.15, 0.2) is 0 Å². The summed E-state index contributed by atoms with van der Waals surface area (Å²) in [5, 5.41) is 7.81. The molecule has 1 aromatic heterocycles. The predicted octanol–water partition coefficient (Wildman–Crippen LogP) is 4.99. The number of para-hydroxylation sites is 1. The SMILES string of the molecule is c1ccc(CNc2ccc(Nc3ncnc4ccccc34)cc2)cc1. The average Bonchev–Trinajstić information content (AvgIpc) is 2.69. The lowest BCUT2D eigenvalue weighted by molar-refractivity contribution is 1.15. The van der Waals surface area contributed by atoms with E-state index in [4.69, 9.17) is 0 Å². The van der Waals surface area contributed by atoms with Crippen LogP contribution in [0.25, 0.3) is 10.9 Å². The standard InChI is InChI=1S/C21H18N4/c1-2-6-16(7-3-1)14-22-17-10-12-18(13-11-17)25-21-19-8-4-5-9-20(19)23-15-24-21/h1-13,15,22H,14H2,(H,23,24,25). The van der Waals surface area contributed by atoms with Crippen LogP contribution in [-0.2, 0) is 6.54 Å². The van der Waals surface area contributed by atoms with Gasteiger partial charge in [-0.1, -0.05) is 42.5 Å². The van der Waals surface area contributed by atoms with E-state index >= 15 is 0 Å². The van der Waals surface area contributed by atoms with Gasteiger partial charge in [-0.25, -0.2) is 9.97 Å². The van der Waals surface area contributed by atoms with Crippen molar-refractivity contribution in [1.82, 2.24) is 9.97 Å². The molecular weight excluding hydrogens is 308 g/mol. The van der Waals surface area contributed by atoms with Crippen molar-refractivity contribution in [1.29, 1.82) is 0 Å². The van der Waals surface area contributed by atoms with Crippen molar-refractivity contribution in [2.75, 3.05) is 10.6 Å². The quantitative estimate of drug-likeness (QED) is 0.543. The topological polar surface area (TPSA) is 49.8 Å². The minimum Gasteiger partial charge on any atom is -0.381 e. The summed E-state index contributed by atoms with van der Waals surface area (Å²) >= 11 is 0. The number of aromatic nitrogens is 2. The first kappa shape index (κ1) is 15.1. The largest absolute Gasteiger partial charge is 0.381 e. The van der Waals surface area contributed by atoms with Gasteiger partial charge in [-0.3, -0.25) is 0 Å². The molecule has 4 aromatic rings. The second-order valence-electron chi connectivity index (χ2n) is 5.78. The number of nitrogens with zero attached hydrogens (tertiary/aromatic N) is 2. The molecule has 0 aliphatic heterocycles. The second-order valence-corrected chi connectivity index (χ2v) is 5.78. The number of nitrogens with one attached hydrogen (secondary N) is 2. The number of fused-ring (bicyclic) bond motifs is 1. The lowest BCUT2D eigenvalue weighted by atomic mass is 10.2. The maximum Gasteiger partial charge on any atom is 0.141 e. The smallest absolute Gasteiger partial charge is 0.141 e. The zero-order valence-corrected chi connectivity index (χ0v) is 13.7. The highest BCUT2D eigenvalue weighted by Gasteiger charge is 2.03. The van der Waals surface area contributed by atoms with Crippen molar-refractivity contribution >= 4 is 28.1 Å². The highest BCUT2D eigenvalue weighted by Crippen LogP contribution is 2.23. The van der Waals surface area contributed by atoms with Crippen molar-refractivity contribution in [2.24, 2.45) is 0 Å². The molecule has 0 spiro atoms. The molecule has 122 valence electrons. The summed E-state index contributed by atoms with van der Waals surface area (Å²) in [6.07, 6.45) is 1.58. The first-order valence-electron chi connectivity index (χ1n) is 8.23. The van der Waals surface area contributed by atoms with Crippen LogP contribution >= 0.6 is 0 Å². The predicted molar refractivity (Wildman–Crippen MR) is 103 cm³/mol. The first-order valence-corrected chi connectivity index (χ1v) is 8.23. The molecule has 0 radical (unpaired) electrons. The molecule has 0 saturated carbocycles. The van der Waals surface area contributed by atoms with Gasteiger partial charge in [0.1, 0.15) is 12.1 Å². The Kier molecular flexibility index (Phi) is 4.25. The highest BCUT2D eigenvalue weighted by molar-refractivity contribution is 5.90. The molecule has 0 atom stereocenters. The van der Waals surface area contributed by atoms with Gasteiger partial charge in [0.25, 0.3) is 0 Å². The Balaban J connectivity index is 1.47. The fourth-order valence-corrected chi connectivity index (χ4v) is 2.71. The maximum atomic E-state index is 4.36. The number of hydrogen-bond acceptors (Lipinski definition) is 4. The summed E-state index contributed by atoms with van der Waals surface area (Å²) in [6.45, 7) is 0.810. The van der Waals surface area contributed by atoms with E-state index in [-0.39, 0.29) is 0 Å². The second kappa shape index (κ2) is 7.01. The molecule has 0 fully saturated rings. The zero-order valence-electron chi connectivity index (χ0n) is 13.7. The normalized spacial score (nSPS) is 10.6. The van der Waals surface area contributed by atoms with E-state index in [1.54, 1.807) is 6.33 Å². The molecule has 0 aliphatic rings. The van der Waals surface area contributed by atoms with Gasteiger partial charge in [0.2, 0.25) is 0 Å². The molecule has 0 amide bonds. The number of rotatable bonds is 5. The van der Waals surface area contributed by atoms with Crippen molar-refractivity contribution < 1.29 is 0 Å². The van der Waals surface area contributed by atoms with E-state index in [1.807, 2.05) is 42.5 Å². The van der Waals surface area contributed by atoms with Gasteiger partial charge in [0, 0.05) is 23.3 Å². The van der Waals surface area contributed by atoms with Crippen molar-refractivity contribution in [2.45, 2.75) is 6.54 Å². The Labute approximate surface area is 146 Å². The van der Waals surface area contributed by atoms with Crippen LogP contribution in [0.4, 0.5) is 17.2 Å². The van der Waals surface area contributed by atoms with Crippen LogP contribution < -0.4 is 10.6 Å².